The van der Waals surface area contributed by atoms with Gasteiger partial charge in [-0.3, -0.25) is 14.6 Å². The second-order valence-electron chi connectivity index (χ2n) is 6.45. The van der Waals surface area contributed by atoms with Crippen molar-refractivity contribution in [3.8, 4) is 6.07 Å². The van der Waals surface area contributed by atoms with Crippen LogP contribution in [0.5, 0.6) is 0 Å². The van der Waals surface area contributed by atoms with E-state index in [1.54, 1.807) is 24.3 Å². The van der Waals surface area contributed by atoms with Crippen LogP contribution in [0, 0.1) is 11.3 Å². The molecule has 0 bridgehead atoms. The van der Waals surface area contributed by atoms with Gasteiger partial charge in [-0.25, -0.2) is 0 Å². The summed E-state index contributed by atoms with van der Waals surface area (Å²) in [6.07, 6.45) is 4.53. The number of carbonyl (C=O) groups is 2. The number of carbonyl (C=O) groups excluding carboxylic acids is 2. The predicted molar refractivity (Wildman–Crippen MR) is 110 cm³/mol. The summed E-state index contributed by atoms with van der Waals surface area (Å²) in [5, 5.41) is 14.5. The number of nitrogens with one attached hydrogen (secondary N) is 2. The Morgan fingerprint density at radius 1 is 0.931 bits per heavy atom. The van der Waals surface area contributed by atoms with Gasteiger partial charge in [0, 0.05) is 24.6 Å². The maximum atomic E-state index is 12.4. The van der Waals surface area contributed by atoms with Gasteiger partial charge >= 0.3 is 0 Å². The predicted octanol–water partition coefficient (Wildman–Crippen LogP) is 3.57. The average Bonchev–Trinajstić information content (AvgIpc) is 2.77. The smallest absolute Gasteiger partial charge is 0.257 e. The highest BCUT2D eigenvalue weighted by atomic mass is 16.2. The van der Waals surface area contributed by atoms with Crippen LogP contribution in [0.4, 0.5) is 5.69 Å². The van der Waals surface area contributed by atoms with E-state index in [2.05, 4.69) is 27.8 Å². The fraction of sp³-hybridized carbons (Fsp3) is 0.130. The van der Waals surface area contributed by atoms with Crippen LogP contribution >= 0.6 is 0 Å². The number of hydrogen-bond acceptors (Lipinski definition) is 4. The van der Waals surface area contributed by atoms with Crippen molar-refractivity contribution in [3.05, 3.63) is 95.3 Å². The van der Waals surface area contributed by atoms with E-state index in [1.807, 2.05) is 24.3 Å². The van der Waals surface area contributed by atoms with Gasteiger partial charge in [0.1, 0.15) is 0 Å². The molecule has 29 heavy (non-hydrogen) atoms. The van der Waals surface area contributed by atoms with Gasteiger partial charge < -0.3 is 10.6 Å². The third-order valence-corrected chi connectivity index (χ3v) is 4.28. The zero-order valence-corrected chi connectivity index (χ0v) is 15.8. The maximum absolute atomic E-state index is 12.4. The molecule has 0 atom stereocenters. The van der Waals surface area contributed by atoms with Crippen LogP contribution in [0.15, 0.2) is 73.1 Å². The fourth-order valence-electron chi connectivity index (χ4n) is 2.80. The molecule has 6 heteroatoms. The molecular weight excluding hydrogens is 364 g/mol. The van der Waals surface area contributed by atoms with Crippen molar-refractivity contribution in [2.75, 3.05) is 11.9 Å². The molecule has 2 amide bonds. The Balaban J connectivity index is 1.55. The molecule has 0 aliphatic carbocycles. The van der Waals surface area contributed by atoms with Gasteiger partial charge in [0.15, 0.2) is 0 Å². The first-order valence-electron chi connectivity index (χ1n) is 9.24. The Hall–Kier alpha value is -3.98. The van der Waals surface area contributed by atoms with Gasteiger partial charge in [-0.15, -0.1) is 0 Å². The van der Waals surface area contributed by atoms with Crippen molar-refractivity contribution >= 4 is 17.5 Å². The van der Waals surface area contributed by atoms with Crippen molar-refractivity contribution in [3.63, 3.8) is 0 Å². The first kappa shape index (κ1) is 19.8. The Labute approximate surface area is 169 Å². The number of hydrogen-bond donors (Lipinski definition) is 2. The highest BCUT2D eigenvalue weighted by Gasteiger charge is 2.12. The number of rotatable bonds is 7. The molecule has 0 spiro atoms. The number of aromatic nitrogens is 1. The zero-order chi connectivity index (χ0) is 20.5. The van der Waals surface area contributed by atoms with Crippen molar-refractivity contribution in [1.82, 2.24) is 10.3 Å². The number of amides is 2. The molecule has 144 valence electrons. The van der Waals surface area contributed by atoms with E-state index in [9.17, 15) is 9.59 Å². The van der Waals surface area contributed by atoms with Gasteiger partial charge in [-0.1, -0.05) is 36.4 Å². The lowest BCUT2D eigenvalue weighted by Gasteiger charge is -2.08. The van der Waals surface area contributed by atoms with Crippen molar-refractivity contribution in [2.24, 2.45) is 0 Å². The molecule has 0 radical (unpaired) electrons. The highest BCUT2D eigenvalue weighted by molar-refractivity contribution is 6.05. The van der Waals surface area contributed by atoms with Crippen LogP contribution in [0.1, 0.15) is 38.3 Å². The fourth-order valence-corrected chi connectivity index (χ4v) is 2.80. The van der Waals surface area contributed by atoms with Gasteiger partial charge in [-0.2, -0.15) is 5.26 Å². The Morgan fingerprint density at radius 2 is 1.69 bits per heavy atom. The summed E-state index contributed by atoms with van der Waals surface area (Å²) in [5.74, 6) is -0.669. The van der Waals surface area contributed by atoms with Crippen LogP contribution in [0.25, 0.3) is 0 Å². The molecule has 3 aromatic rings. The third-order valence-electron chi connectivity index (χ3n) is 4.28. The maximum Gasteiger partial charge on any atom is 0.257 e. The van der Waals surface area contributed by atoms with Crippen molar-refractivity contribution < 1.29 is 9.59 Å². The summed E-state index contributed by atoms with van der Waals surface area (Å²) in [7, 11) is 0. The summed E-state index contributed by atoms with van der Waals surface area (Å²) in [6, 6.07) is 20.2. The number of nitriles is 1. The van der Waals surface area contributed by atoms with E-state index < -0.39 is 5.91 Å². The Bertz CT molecular complexity index is 1040. The van der Waals surface area contributed by atoms with Crippen LogP contribution in [0.3, 0.4) is 0 Å². The Morgan fingerprint density at radius 3 is 2.45 bits per heavy atom. The summed E-state index contributed by atoms with van der Waals surface area (Å²) in [5.41, 5.74) is 2.77. The zero-order valence-electron chi connectivity index (χ0n) is 15.8. The first-order valence-corrected chi connectivity index (χ1v) is 9.24. The minimum absolute atomic E-state index is 0.268. The summed E-state index contributed by atoms with van der Waals surface area (Å²) in [6.45, 7) is 0.533. The molecule has 0 fully saturated rings. The summed E-state index contributed by atoms with van der Waals surface area (Å²) >= 11 is 0. The average molecular weight is 384 g/mol. The number of aryl methyl sites for hydroxylation is 1. The van der Waals surface area contributed by atoms with E-state index in [1.165, 1.54) is 24.0 Å². The highest BCUT2D eigenvalue weighted by Crippen LogP contribution is 2.12. The SMILES string of the molecule is N#Cc1cccc(NC(=O)c2cncc(C(=O)NCCCc3ccccc3)c2)c1. The molecule has 1 aromatic heterocycles. The minimum atomic E-state index is -0.397. The molecule has 0 saturated carbocycles. The van der Waals surface area contributed by atoms with Gasteiger partial charge in [0.2, 0.25) is 0 Å². The lowest BCUT2D eigenvalue weighted by atomic mass is 10.1. The molecule has 6 nitrogen and oxygen atoms in total. The second-order valence-corrected chi connectivity index (χ2v) is 6.45. The Kier molecular flexibility index (Phi) is 6.69. The van der Waals surface area contributed by atoms with E-state index in [0.717, 1.165) is 12.8 Å². The monoisotopic (exact) mass is 384 g/mol. The molecule has 0 unspecified atom stereocenters. The number of nitrogens with zero attached hydrogens (tertiary/aromatic N) is 2. The lowest BCUT2D eigenvalue weighted by Crippen LogP contribution is -2.25. The topological polar surface area (TPSA) is 94.9 Å². The molecule has 0 saturated heterocycles. The van der Waals surface area contributed by atoms with Crippen LogP contribution in [-0.2, 0) is 6.42 Å². The molecule has 1 heterocycles. The largest absolute Gasteiger partial charge is 0.352 e. The number of benzene rings is 2. The standard InChI is InChI=1S/C23H20N4O2/c24-14-18-8-4-10-21(12-18)27-23(29)20-13-19(15-25-16-20)22(28)26-11-5-9-17-6-2-1-3-7-17/h1-4,6-8,10,12-13,15-16H,5,9,11H2,(H,26,28)(H,27,29). The van der Waals surface area contributed by atoms with E-state index >= 15 is 0 Å². The summed E-state index contributed by atoms with van der Waals surface area (Å²) in [4.78, 5) is 28.8. The van der Waals surface area contributed by atoms with E-state index in [-0.39, 0.29) is 11.5 Å². The minimum Gasteiger partial charge on any atom is -0.352 e. The number of anilines is 1. The third kappa shape index (κ3) is 5.75. The lowest BCUT2D eigenvalue weighted by molar-refractivity contribution is 0.0953. The van der Waals surface area contributed by atoms with E-state index in [4.69, 9.17) is 5.26 Å². The van der Waals surface area contributed by atoms with Crippen molar-refractivity contribution in [2.45, 2.75) is 12.8 Å². The van der Waals surface area contributed by atoms with Gasteiger partial charge in [0.05, 0.1) is 22.8 Å². The molecule has 0 aliphatic heterocycles. The molecule has 2 N–H and O–H groups in total. The normalized spacial score (nSPS) is 10.0. The molecular formula is C23H20N4O2. The van der Waals surface area contributed by atoms with Crippen LogP contribution < -0.4 is 10.6 Å². The molecule has 3 rings (SSSR count). The second kappa shape index (κ2) is 9.81. The van der Waals surface area contributed by atoms with E-state index in [0.29, 0.717) is 23.4 Å². The first-order chi connectivity index (χ1) is 14.2. The van der Waals surface area contributed by atoms with Crippen LogP contribution in [-0.4, -0.2) is 23.3 Å². The van der Waals surface area contributed by atoms with Crippen molar-refractivity contribution in [1.29, 1.82) is 5.26 Å². The molecule has 2 aromatic carbocycles. The molecule has 0 aliphatic rings. The van der Waals surface area contributed by atoms with Gasteiger partial charge in [0.25, 0.3) is 11.8 Å². The van der Waals surface area contributed by atoms with Crippen LogP contribution in [0.2, 0.25) is 0 Å². The quantitative estimate of drug-likeness (QED) is 0.609. The summed E-state index contributed by atoms with van der Waals surface area (Å²) < 4.78 is 0. The number of pyridine rings is 1. The van der Waals surface area contributed by atoms with Gasteiger partial charge in [-0.05, 0) is 42.7 Å².